The van der Waals surface area contributed by atoms with E-state index >= 15 is 0 Å². The molecule has 1 aromatic carbocycles. The number of pyridine rings is 1. The van der Waals surface area contributed by atoms with E-state index in [1.165, 1.54) is 0 Å². The zero-order valence-corrected chi connectivity index (χ0v) is 13.7. The Bertz CT molecular complexity index is 722. The quantitative estimate of drug-likeness (QED) is 0.879. The van der Waals surface area contributed by atoms with Crippen LogP contribution in [0.25, 0.3) is 0 Å². The number of aromatic nitrogens is 1. The lowest BCUT2D eigenvalue weighted by molar-refractivity contribution is 0.0856. The molecule has 1 aliphatic rings. The second-order valence-electron chi connectivity index (χ2n) is 6.21. The number of likely N-dealkylation sites (tertiary alicyclic amines) is 1. The minimum atomic E-state index is -0.207. The molecule has 0 bridgehead atoms. The van der Waals surface area contributed by atoms with Gasteiger partial charge in [-0.1, -0.05) is 12.1 Å². The fourth-order valence-corrected chi connectivity index (χ4v) is 2.96. The maximum Gasteiger partial charge on any atom is 0.255 e. The second kappa shape index (κ2) is 7.36. The summed E-state index contributed by atoms with van der Waals surface area (Å²) in [6.07, 6.45) is 4.94. The predicted molar refractivity (Wildman–Crippen MR) is 93.2 cm³/mol. The van der Waals surface area contributed by atoms with Gasteiger partial charge in [0.2, 0.25) is 0 Å². The number of anilines is 1. The number of piperidine rings is 1. The molecular formula is C19H21N3O2. The number of Topliss-reactive ketones (excluding diaryl/α,β-unsaturated/α-hetero) is 1. The van der Waals surface area contributed by atoms with Crippen molar-refractivity contribution in [3.05, 3.63) is 59.9 Å². The Balaban J connectivity index is 1.70. The molecule has 124 valence electrons. The third kappa shape index (κ3) is 3.86. The van der Waals surface area contributed by atoms with Crippen LogP contribution in [0.4, 0.5) is 5.69 Å². The molecule has 1 fully saturated rings. The molecule has 1 amide bonds. The number of benzene rings is 1. The highest BCUT2D eigenvalue weighted by molar-refractivity contribution is 6.05. The van der Waals surface area contributed by atoms with Crippen LogP contribution in [0.3, 0.4) is 0 Å². The van der Waals surface area contributed by atoms with E-state index in [1.807, 2.05) is 12.1 Å². The molecule has 0 saturated carbocycles. The monoisotopic (exact) mass is 323 g/mol. The van der Waals surface area contributed by atoms with Crippen LogP contribution in [0.1, 0.15) is 33.6 Å². The van der Waals surface area contributed by atoms with E-state index < -0.39 is 0 Å². The number of rotatable bonds is 4. The normalized spacial score (nSPS) is 15.9. The Morgan fingerprint density at radius 2 is 1.79 bits per heavy atom. The molecular weight excluding hydrogens is 302 g/mol. The Labute approximate surface area is 141 Å². The van der Waals surface area contributed by atoms with Crippen LogP contribution < -0.4 is 5.32 Å². The molecule has 0 radical (unpaired) electrons. The summed E-state index contributed by atoms with van der Waals surface area (Å²) in [7, 11) is 2.08. The van der Waals surface area contributed by atoms with Crippen LogP contribution >= 0.6 is 0 Å². The molecule has 0 aliphatic carbocycles. The van der Waals surface area contributed by atoms with Gasteiger partial charge in [-0.15, -0.1) is 0 Å². The molecule has 2 heterocycles. The van der Waals surface area contributed by atoms with Crippen molar-refractivity contribution in [1.29, 1.82) is 0 Å². The summed E-state index contributed by atoms with van der Waals surface area (Å²) in [6.45, 7) is 1.91. The molecule has 1 N–H and O–H groups in total. The highest BCUT2D eigenvalue weighted by Crippen LogP contribution is 2.22. The van der Waals surface area contributed by atoms with Crippen molar-refractivity contribution in [2.45, 2.75) is 12.8 Å². The highest BCUT2D eigenvalue weighted by atomic mass is 16.1. The number of hydrogen-bond donors (Lipinski definition) is 1. The second-order valence-corrected chi connectivity index (χ2v) is 6.21. The van der Waals surface area contributed by atoms with Gasteiger partial charge in [-0.3, -0.25) is 14.6 Å². The van der Waals surface area contributed by atoms with Crippen LogP contribution in [-0.2, 0) is 0 Å². The first kappa shape index (κ1) is 16.3. The van der Waals surface area contributed by atoms with Crippen molar-refractivity contribution in [3.8, 4) is 0 Å². The molecule has 24 heavy (non-hydrogen) atoms. The van der Waals surface area contributed by atoms with E-state index in [2.05, 4.69) is 22.2 Å². The van der Waals surface area contributed by atoms with Gasteiger partial charge in [-0.05, 0) is 57.2 Å². The van der Waals surface area contributed by atoms with Crippen LogP contribution in [0.5, 0.6) is 0 Å². The minimum Gasteiger partial charge on any atom is -0.322 e. The van der Waals surface area contributed by atoms with E-state index in [4.69, 9.17) is 0 Å². The van der Waals surface area contributed by atoms with Crippen molar-refractivity contribution >= 4 is 17.4 Å². The average Bonchev–Trinajstić information content (AvgIpc) is 2.63. The van der Waals surface area contributed by atoms with Crippen molar-refractivity contribution in [2.24, 2.45) is 5.92 Å². The summed E-state index contributed by atoms with van der Waals surface area (Å²) in [5.41, 5.74) is 1.84. The van der Waals surface area contributed by atoms with Crippen molar-refractivity contribution in [2.75, 3.05) is 25.5 Å². The van der Waals surface area contributed by atoms with E-state index in [0.717, 1.165) is 25.9 Å². The van der Waals surface area contributed by atoms with Crippen molar-refractivity contribution < 1.29 is 9.59 Å². The predicted octanol–water partition coefficient (Wildman–Crippen LogP) is 2.86. The van der Waals surface area contributed by atoms with Gasteiger partial charge in [0.05, 0.1) is 0 Å². The smallest absolute Gasteiger partial charge is 0.255 e. The van der Waals surface area contributed by atoms with Gasteiger partial charge >= 0.3 is 0 Å². The van der Waals surface area contributed by atoms with Gasteiger partial charge in [-0.2, -0.15) is 0 Å². The molecule has 5 heteroatoms. The number of ketones is 1. The summed E-state index contributed by atoms with van der Waals surface area (Å²) in [5.74, 6) is 0.0387. The van der Waals surface area contributed by atoms with Crippen LogP contribution in [0.15, 0.2) is 48.8 Å². The maximum absolute atomic E-state index is 12.7. The third-order valence-corrected chi connectivity index (χ3v) is 4.44. The van der Waals surface area contributed by atoms with Crippen molar-refractivity contribution in [3.63, 3.8) is 0 Å². The standard InChI is InChI=1S/C19H21N3O2/c1-22-11-7-14(8-12-22)18(23)16-3-2-4-17(13-16)21-19(24)15-5-9-20-10-6-15/h2-6,9-10,13-14H,7-8,11-12H2,1H3,(H,21,24). The van der Waals surface area contributed by atoms with Crippen LogP contribution in [0.2, 0.25) is 0 Å². The Kier molecular flexibility index (Phi) is 5.01. The molecule has 1 aliphatic heterocycles. The SMILES string of the molecule is CN1CCC(C(=O)c2cccc(NC(=O)c3ccncc3)c2)CC1. The fourth-order valence-electron chi connectivity index (χ4n) is 2.96. The number of amides is 1. The molecule has 0 spiro atoms. The number of carbonyl (C=O) groups is 2. The molecule has 3 rings (SSSR count). The molecule has 0 atom stereocenters. The topological polar surface area (TPSA) is 62.3 Å². The minimum absolute atomic E-state index is 0.0762. The lowest BCUT2D eigenvalue weighted by Gasteiger charge is -2.28. The van der Waals surface area contributed by atoms with E-state index in [9.17, 15) is 9.59 Å². The Morgan fingerprint density at radius 1 is 1.08 bits per heavy atom. The zero-order valence-electron chi connectivity index (χ0n) is 13.7. The first-order valence-electron chi connectivity index (χ1n) is 8.17. The van der Waals surface area contributed by atoms with Gasteiger partial charge in [0.25, 0.3) is 5.91 Å². The number of hydrogen-bond acceptors (Lipinski definition) is 4. The maximum atomic E-state index is 12.7. The molecule has 2 aromatic rings. The first-order valence-corrected chi connectivity index (χ1v) is 8.17. The van der Waals surface area contributed by atoms with E-state index in [0.29, 0.717) is 16.8 Å². The molecule has 0 unspecified atom stereocenters. The summed E-state index contributed by atoms with van der Waals surface area (Å²) in [5, 5.41) is 2.84. The van der Waals surface area contributed by atoms with E-state index in [-0.39, 0.29) is 17.6 Å². The lowest BCUT2D eigenvalue weighted by Crippen LogP contribution is -2.33. The van der Waals surface area contributed by atoms with Gasteiger partial charge in [0.15, 0.2) is 5.78 Å². The number of nitrogens with zero attached hydrogens (tertiary/aromatic N) is 2. The van der Waals surface area contributed by atoms with Crippen LogP contribution in [-0.4, -0.2) is 41.7 Å². The van der Waals surface area contributed by atoms with Crippen molar-refractivity contribution in [1.82, 2.24) is 9.88 Å². The lowest BCUT2D eigenvalue weighted by atomic mass is 9.89. The average molecular weight is 323 g/mol. The van der Waals surface area contributed by atoms with Gasteiger partial charge in [-0.25, -0.2) is 0 Å². The van der Waals surface area contributed by atoms with E-state index in [1.54, 1.807) is 36.7 Å². The summed E-state index contributed by atoms with van der Waals surface area (Å²) >= 11 is 0. The fraction of sp³-hybridized carbons (Fsp3) is 0.316. The summed E-state index contributed by atoms with van der Waals surface area (Å²) in [4.78, 5) is 31.0. The zero-order chi connectivity index (χ0) is 16.9. The number of carbonyl (C=O) groups excluding carboxylic acids is 2. The van der Waals surface area contributed by atoms with Gasteiger partial charge < -0.3 is 10.2 Å². The van der Waals surface area contributed by atoms with Gasteiger partial charge in [0, 0.05) is 35.1 Å². The highest BCUT2D eigenvalue weighted by Gasteiger charge is 2.24. The Morgan fingerprint density at radius 3 is 2.50 bits per heavy atom. The molecule has 1 saturated heterocycles. The largest absolute Gasteiger partial charge is 0.322 e. The first-order chi connectivity index (χ1) is 11.6. The summed E-state index contributed by atoms with van der Waals surface area (Å²) < 4.78 is 0. The summed E-state index contributed by atoms with van der Waals surface area (Å²) in [6, 6.07) is 10.5. The molecule has 1 aromatic heterocycles. The Hall–Kier alpha value is -2.53. The van der Waals surface area contributed by atoms with Crippen LogP contribution in [0, 0.1) is 5.92 Å². The molecule has 5 nitrogen and oxygen atoms in total. The number of nitrogens with one attached hydrogen (secondary N) is 1. The third-order valence-electron chi connectivity index (χ3n) is 4.44. The van der Waals surface area contributed by atoms with Gasteiger partial charge in [0.1, 0.15) is 0 Å².